The molecule has 1 aromatic carbocycles. The van der Waals surface area contributed by atoms with Crippen LogP contribution in [-0.4, -0.2) is 39.5 Å². The minimum atomic E-state index is -3.76. The summed E-state index contributed by atoms with van der Waals surface area (Å²) in [6, 6.07) is 5.63. The predicted molar refractivity (Wildman–Crippen MR) is 93.4 cm³/mol. The highest BCUT2D eigenvalue weighted by Gasteiger charge is 2.18. The van der Waals surface area contributed by atoms with E-state index in [0.717, 1.165) is 0 Å². The molecule has 0 fully saturated rings. The van der Waals surface area contributed by atoms with Crippen LogP contribution in [-0.2, 0) is 14.8 Å². The number of nitrogens with two attached hydrogens (primary N) is 1. The van der Waals surface area contributed by atoms with Crippen molar-refractivity contribution in [3.05, 3.63) is 36.9 Å². The molecule has 0 bridgehead atoms. The molecule has 11 heteroatoms. The summed E-state index contributed by atoms with van der Waals surface area (Å²) in [7, 11) is -3.76. The molecule has 0 unspecified atom stereocenters. The van der Waals surface area contributed by atoms with Gasteiger partial charge in [0.15, 0.2) is 5.65 Å². The van der Waals surface area contributed by atoms with Crippen molar-refractivity contribution in [2.75, 3.05) is 5.32 Å². The number of nitrogens with zero attached hydrogens (tertiary/aromatic N) is 3. The Bertz CT molecular complexity index is 1020. The first-order valence-electron chi connectivity index (χ1n) is 7.09. The highest BCUT2D eigenvalue weighted by molar-refractivity contribution is 8.00. The Hall–Kier alpha value is -2.50. The van der Waals surface area contributed by atoms with Crippen LogP contribution in [0.25, 0.3) is 11.2 Å². The van der Waals surface area contributed by atoms with E-state index in [9.17, 15) is 13.2 Å². The molecule has 1 atom stereocenters. The monoisotopic (exact) mass is 378 g/mol. The van der Waals surface area contributed by atoms with E-state index in [2.05, 4.69) is 25.3 Å². The Balaban J connectivity index is 1.69. The van der Waals surface area contributed by atoms with E-state index < -0.39 is 15.3 Å². The van der Waals surface area contributed by atoms with Gasteiger partial charge in [0.25, 0.3) is 0 Å². The molecule has 0 aliphatic rings. The van der Waals surface area contributed by atoms with Gasteiger partial charge in [-0.3, -0.25) is 4.79 Å². The zero-order chi connectivity index (χ0) is 18.0. The smallest absolute Gasteiger partial charge is 0.238 e. The van der Waals surface area contributed by atoms with Gasteiger partial charge in [0, 0.05) is 5.69 Å². The number of carbonyl (C=O) groups is 1. The summed E-state index contributed by atoms with van der Waals surface area (Å²) in [4.78, 5) is 27.5. The first-order chi connectivity index (χ1) is 11.8. The number of hydrogen-bond acceptors (Lipinski definition) is 7. The average Bonchev–Trinajstić information content (AvgIpc) is 3.04. The number of hydrogen-bond donors (Lipinski definition) is 3. The Labute approximate surface area is 147 Å². The number of anilines is 1. The van der Waals surface area contributed by atoms with Crippen LogP contribution in [0.1, 0.15) is 6.92 Å². The highest BCUT2D eigenvalue weighted by atomic mass is 32.2. The maximum absolute atomic E-state index is 12.3. The van der Waals surface area contributed by atoms with E-state index in [1.165, 1.54) is 48.7 Å². The summed E-state index contributed by atoms with van der Waals surface area (Å²) in [6.07, 6.45) is 2.91. The Morgan fingerprint density at radius 3 is 2.64 bits per heavy atom. The van der Waals surface area contributed by atoms with Crippen LogP contribution in [0.4, 0.5) is 5.69 Å². The van der Waals surface area contributed by atoms with Gasteiger partial charge in [-0.15, -0.1) is 0 Å². The van der Waals surface area contributed by atoms with Gasteiger partial charge in [0.05, 0.1) is 16.5 Å². The lowest BCUT2D eigenvalue weighted by atomic mass is 10.3. The van der Waals surface area contributed by atoms with Gasteiger partial charge in [0.1, 0.15) is 16.9 Å². The number of aromatic amines is 1. The summed E-state index contributed by atoms with van der Waals surface area (Å²) in [5, 5.41) is 7.93. The fourth-order valence-electron chi connectivity index (χ4n) is 2.03. The molecule has 0 radical (unpaired) electrons. The fourth-order valence-corrected chi connectivity index (χ4v) is 3.42. The van der Waals surface area contributed by atoms with E-state index in [0.29, 0.717) is 21.9 Å². The van der Waals surface area contributed by atoms with Gasteiger partial charge in [-0.2, -0.15) is 0 Å². The molecule has 25 heavy (non-hydrogen) atoms. The molecular formula is C14H14N6O3S2. The van der Waals surface area contributed by atoms with Gasteiger partial charge in [-0.25, -0.2) is 28.5 Å². The molecule has 0 aliphatic heterocycles. The van der Waals surface area contributed by atoms with Crippen LogP contribution in [0.3, 0.4) is 0 Å². The van der Waals surface area contributed by atoms with Crippen molar-refractivity contribution in [3.63, 3.8) is 0 Å². The lowest BCUT2D eigenvalue weighted by molar-refractivity contribution is -0.115. The number of carbonyl (C=O) groups excluding carboxylic acids is 1. The minimum absolute atomic E-state index is 0.0180. The van der Waals surface area contributed by atoms with Crippen LogP contribution < -0.4 is 10.5 Å². The van der Waals surface area contributed by atoms with E-state index in [4.69, 9.17) is 5.14 Å². The summed E-state index contributed by atoms with van der Waals surface area (Å²) in [6.45, 7) is 1.74. The Morgan fingerprint density at radius 1 is 1.24 bits per heavy atom. The van der Waals surface area contributed by atoms with Crippen LogP contribution in [0.15, 0.2) is 46.8 Å². The third kappa shape index (κ3) is 3.95. The van der Waals surface area contributed by atoms with E-state index in [1.807, 2.05) is 0 Å². The Morgan fingerprint density at radius 2 is 1.96 bits per heavy atom. The number of H-pyrrole nitrogens is 1. The lowest BCUT2D eigenvalue weighted by Gasteiger charge is -2.12. The number of imidazole rings is 1. The molecule has 0 aliphatic carbocycles. The molecule has 3 rings (SSSR count). The van der Waals surface area contributed by atoms with E-state index in [-0.39, 0.29) is 10.8 Å². The zero-order valence-corrected chi connectivity index (χ0v) is 14.6. The number of nitrogens with one attached hydrogen (secondary N) is 2. The number of primary sulfonamides is 1. The molecule has 2 heterocycles. The number of fused-ring (bicyclic) bond motifs is 1. The number of sulfonamides is 1. The average molecular weight is 378 g/mol. The van der Waals surface area contributed by atoms with Gasteiger partial charge in [0.2, 0.25) is 15.9 Å². The van der Waals surface area contributed by atoms with Crippen molar-refractivity contribution in [2.45, 2.75) is 22.1 Å². The van der Waals surface area contributed by atoms with Crippen LogP contribution in [0.2, 0.25) is 0 Å². The summed E-state index contributed by atoms with van der Waals surface area (Å²) in [5.41, 5.74) is 1.67. The second kappa shape index (κ2) is 6.78. The van der Waals surface area contributed by atoms with Gasteiger partial charge >= 0.3 is 0 Å². The van der Waals surface area contributed by atoms with Crippen molar-refractivity contribution >= 4 is 44.5 Å². The summed E-state index contributed by atoms with van der Waals surface area (Å²) < 4.78 is 22.5. The summed E-state index contributed by atoms with van der Waals surface area (Å²) >= 11 is 1.26. The maximum Gasteiger partial charge on any atom is 0.238 e. The predicted octanol–water partition coefficient (Wildman–Crippen LogP) is 1.12. The number of thioether (sulfide) groups is 1. The van der Waals surface area contributed by atoms with Gasteiger partial charge in [-0.05, 0) is 31.2 Å². The molecule has 0 spiro atoms. The molecule has 9 nitrogen and oxygen atoms in total. The van der Waals surface area contributed by atoms with Crippen molar-refractivity contribution in [3.8, 4) is 0 Å². The van der Waals surface area contributed by atoms with Crippen molar-refractivity contribution < 1.29 is 13.2 Å². The normalized spacial score (nSPS) is 12.9. The topological polar surface area (TPSA) is 144 Å². The van der Waals surface area contributed by atoms with Gasteiger partial charge in [-0.1, -0.05) is 11.8 Å². The molecule has 2 aromatic heterocycles. The standard InChI is InChI=1S/C14H14N6O3S2/c1-8(24-14-11-12(17-6-16-11)18-7-19-14)13(21)20-9-2-4-10(5-3-9)25(15,22)23/h2-8H,1H3,(H,20,21)(H2,15,22,23)(H,16,17,18,19)/t8-/m1/s1. The molecular weight excluding hydrogens is 364 g/mol. The van der Waals surface area contributed by atoms with Crippen LogP contribution >= 0.6 is 11.8 Å². The first kappa shape index (κ1) is 17.3. The Kier molecular flexibility index (Phi) is 4.70. The van der Waals surface area contributed by atoms with Crippen molar-refractivity contribution in [1.82, 2.24) is 19.9 Å². The van der Waals surface area contributed by atoms with Crippen molar-refractivity contribution in [1.29, 1.82) is 0 Å². The van der Waals surface area contributed by atoms with Crippen LogP contribution in [0, 0.1) is 0 Å². The largest absolute Gasteiger partial charge is 0.341 e. The van der Waals surface area contributed by atoms with E-state index >= 15 is 0 Å². The molecule has 4 N–H and O–H groups in total. The van der Waals surface area contributed by atoms with Crippen LogP contribution in [0.5, 0.6) is 0 Å². The third-order valence-corrected chi connectivity index (χ3v) is 5.33. The maximum atomic E-state index is 12.3. The first-order valence-corrected chi connectivity index (χ1v) is 9.51. The second-order valence-electron chi connectivity index (χ2n) is 5.10. The molecule has 3 aromatic rings. The zero-order valence-electron chi connectivity index (χ0n) is 13.0. The fraction of sp³-hybridized carbons (Fsp3) is 0.143. The number of rotatable bonds is 5. The number of benzene rings is 1. The minimum Gasteiger partial charge on any atom is -0.341 e. The molecule has 0 saturated heterocycles. The SMILES string of the molecule is C[C@@H](Sc1ncnc2nc[nH]c12)C(=O)Nc1ccc(S(N)(=O)=O)cc1. The number of aromatic nitrogens is 4. The highest BCUT2D eigenvalue weighted by Crippen LogP contribution is 2.26. The molecule has 0 saturated carbocycles. The van der Waals surface area contributed by atoms with Gasteiger partial charge < -0.3 is 10.3 Å². The quantitative estimate of drug-likeness (QED) is 0.446. The van der Waals surface area contributed by atoms with E-state index in [1.54, 1.807) is 6.92 Å². The summed E-state index contributed by atoms with van der Waals surface area (Å²) in [5.74, 6) is -0.250. The lowest BCUT2D eigenvalue weighted by Crippen LogP contribution is -2.22. The second-order valence-corrected chi connectivity index (χ2v) is 7.99. The molecule has 1 amide bonds. The third-order valence-electron chi connectivity index (χ3n) is 3.30. The van der Waals surface area contributed by atoms with Crippen molar-refractivity contribution in [2.24, 2.45) is 5.14 Å². The number of amides is 1. The molecule has 130 valence electrons.